The van der Waals surface area contributed by atoms with Gasteiger partial charge < -0.3 is 29.4 Å². The van der Waals surface area contributed by atoms with Gasteiger partial charge in [0.15, 0.2) is 0 Å². The molecule has 0 radical (unpaired) electrons. The highest BCUT2D eigenvalue weighted by atomic mass is 16.5. The molecule has 146 valence electrons. The van der Waals surface area contributed by atoms with Crippen molar-refractivity contribution in [3.8, 4) is 0 Å². The first-order valence-electron chi connectivity index (χ1n) is 9.45. The molecule has 0 saturated carbocycles. The highest BCUT2D eigenvalue weighted by Gasteiger charge is 2.25. The maximum absolute atomic E-state index is 12.3. The molecule has 3 heterocycles. The van der Waals surface area contributed by atoms with Crippen molar-refractivity contribution in [3.05, 3.63) is 5.89 Å². The number of piperidine rings is 1. The van der Waals surface area contributed by atoms with Crippen molar-refractivity contribution >= 4 is 12.0 Å². The number of nitrogens with zero attached hydrogens (tertiary/aromatic N) is 6. The summed E-state index contributed by atoms with van der Waals surface area (Å²) >= 11 is 0. The van der Waals surface area contributed by atoms with Gasteiger partial charge in [-0.05, 0) is 31.0 Å². The quantitative estimate of drug-likeness (QED) is 0.804. The van der Waals surface area contributed by atoms with Crippen LogP contribution >= 0.6 is 0 Å². The van der Waals surface area contributed by atoms with Gasteiger partial charge in [-0.25, -0.2) is 4.79 Å². The second kappa shape index (κ2) is 8.68. The molecule has 0 atom stereocenters. The highest BCUT2D eigenvalue weighted by molar-refractivity contribution is 5.74. The van der Waals surface area contributed by atoms with E-state index in [1.54, 1.807) is 4.90 Å². The maximum atomic E-state index is 12.3. The lowest BCUT2D eigenvalue weighted by atomic mass is 9.96. The number of aromatic nitrogens is 2. The van der Waals surface area contributed by atoms with Gasteiger partial charge >= 0.3 is 6.03 Å². The average Bonchev–Trinajstić information content (AvgIpc) is 3.12. The molecule has 0 aromatic carbocycles. The van der Waals surface area contributed by atoms with Crippen molar-refractivity contribution in [2.45, 2.75) is 19.4 Å². The Bertz CT molecular complexity index is 575. The molecule has 2 amide bonds. The molecule has 0 unspecified atom stereocenters. The third-order valence-corrected chi connectivity index (χ3v) is 5.26. The van der Waals surface area contributed by atoms with Crippen LogP contribution in [0.25, 0.3) is 0 Å². The fourth-order valence-electron chi connectivity index (χ4n) is 3.48. The maximum Gasteiger partial charge on any atom is 0.317 e. The average molecular weight is 365 g/mol. The molecular formula is C17H31N7O2. The van der Waals surface area contributed by atoms with E-state index in [1.165, 1.54) is 6.54 Å². The van der Waals surface area contributed by atoms with Crippen LogP contribution in [-0.2, 0) is 6.54 Å². The van der Waals surface area contributed by atoms with Gasteiger partial charge in [-0.15, -0.1) is 0 Å². The number of carbonyl (C=O) groups excluding carboxylic acids is 1. The van der Waals surface area contributed by atoms with Gasteiger partial charge in [0.25, 0.3) is 5.95 Å². The minimum Gasteiger partial charge on any atom is -0.344 e. The number of carbonyl (C=O) groups is 1. The summed E-state index contributed by atoms with van der Waals surface area (Å²) in [6, 6.07) is -0.0485. The molecule has 1 aromatic heterocycles. The van der Waals surface area contributed by atoms with Gasteiger partial charge in [0.05, 0.1) is 6.54 Å². The molecule has 9 heteroatoms. The van der Waals surface area contributed by atoms with Gasteiger partial charge in [0, 0.05) is 59.9 Å². The number of hydrogen-bond donors (Lipinski definition) is 1. The fourth-order valence-corrected chi connectivity index (χ4v) is 3.48. The van der Waals surface area contributed by atoms with Crippen LogP contribution in [0.1, 0.15) is 18.7 Å². The Labute approximate surface area is 155 Å². The first kappa shape index (κ1) is 18.9. The minimum absolute atomic E-state index is 0.0485. The van der Waals surface area contributed by atoms with Gasteiger partial charge in [0.1, 0.15) is 0 Å². The van der Waals surface area contributed by atoms with E-state index in [9.17, 15) is 4.79 Å². The number of hydrogen-bond acceptors (Lipinski definition) is 7. The highest BCUT2D eigenvalue weighted by Crippen LogP contribution is 2.19. The zero-order valence-electron chi connectivity index (χ0n) is 16.1. The van der Waals surface area contributed by atoms with Crippen LogP contribution in [0.4, 0.5) is 10.7 Å². The number of piperazine rings is 1. The van der Waals surface area contributed by atoms with Crippen molar-refractivity contribution in [3.63, 3.8) is 0 Å². The largest absolute Gasteiger partial charge is 0.344 e. The predicted molar refractivity (Wildman–Crippen MR) is 99.1 cm³/mol. The standard InChI is InChI=1S/C17H31N7O2/c1-21(2)16-19-15(26-20-16)12-18-17(25)24-6-4-14(5-7-24)13-23-10-8-22(3)9-11-23/h14H,4-13H2,1-3H3,(H,18,25). The molecule has 9 nitrogen and oxygen atoms in total. The van der Waals surface area contributed by atoms with Gasteiger partial charge in [0.2, 0.25) is 5.89 Å². The summed E-state index contributed by atoms with van der Waals surface area (Å²) < 4.78 is 5.13. The number of urea groups is 1. The SMILES string of the molecule is CN1CCN(CC2CCN(C(=O)NCc3nc(N(C)C)no3)CC2)CC1. The summed E-state index contributed by atoms with van der Waals surface area (Å²) in [7, 11) is 5.88. The Morgan fingerprint density at radius 3 is 2.50 bits per heavy atom. The van der Waals surface area contributed by atoms with Crippen LogP contribution < -0.4 is 10.2 Å². The third kappa shape index (κ3) is 5.07. The molecule has 0 bridgehead atoms. The molecule has 1 N–H and O–H groups in total. The molecular weight excluding hydrogens is 334 g/mol. The number of anilines is 1. The minimum atomic E-state index is -0.0485. The van der Waals surface area contributed by atoms with Gasteiger partial charge in [-0.3, -0.25) is 0 Å². The van der Waals surface area contributed by atoms with E-state index in [4.69, 9.17) is 4.52 Å². The van der Waals surface area contributed by atoms with E-state index >= 15 is 0 Å². The lowest BCUT2D eigenvalue weighted by molar-refractivity contribution is 0.111. The molecule has 2 aliphatic rings. The number of likely N-dealkylation sites (N-methyl/N-ethyl adjacent to an activating group) is 1. The van der Waals surface area contributed by atoms with E-state index in [-0.39, 0.29) is 12.6 Å². The molecule has 0 spiro atoms. The fraction of sp³-hybridized carbons (Fsp3) is 0.824. The smallest absolute Gasteiger partial charge is 0.317 e. The lowest BCUT2D eigenvalue weighted by Gasteiger charge is -2.37. The molecule has 26 heavy (non-hydrogen) atoms. The van der Waals surface area contributed by atoms with Crippen LogP contribution in [0.3, 0.4) is 0 Å². The van der Waals surface area contributed by atoms with Crippen LogP contribution in [-0.4, -0.2) is 97.8 Å². The van der Waals surface area contributed by atoms with Gasteiger partial charge in [-0.1, -0.05) is 0 Å². The zero-order valence-corrected chi connectivity index (χ0v) is 16.1. The van der Waals surface area contributed by atoms with Crippen molar-refractivity contribution in [2.24, 2.45) is 5.92 Å². The zero-order chi connectivity index (χ0) is 18.5. The van der Waals surface area contributed by atoms with Crippen LogP contribution in [0.15, 0.2) is 4.52 Å². The topological polar surface area (TPSA) is 81.0 Å². The molecule has 2 aliphatic heterocycles. The van der Waals surface area contributed by atoms with E-state index < -0.39 is 0 Å². The monoisotopic (exact) mass is 365 g/mol. The molecule has 3 rings (SSSR count). The third-order valence-electron chi connectivity index (χ3n) is 5.26. The van der Waals surface area contributed by atoms with Crippen molar-refractivity contribution in [1.29, 1.82) is 0 Å². The Hall–Kier alpha value is -1.87. The van der Waals surface area contributed by atoms with E-state index in [2.05, 4.69) is 32.3 Å². The predicted octanol–water partition coefficient (Wildman–Crippen LogP) is 0.305. The van der Waals surface area contributed by atoms with Gasteiger partial charge in [-0.2, -0.15) is 4.98 Å². The Morgan fingerprint density at radius 1 is 1.19 bits per heavy atom. The van der Waals surface area contributed by atoms with E-state index in [0.717, 1.165) is 52.1 Å². The second-order valence-corrected chi connectivity index (χ2v) is 7.58. The summed E-state index contributed by atoms with van der Waals surface area (Å²) in [4.78, 5) is 25.2. The molecule has 0 aliphatic carbocycles. The molecule has 2 fully saturated rings. The number of rotatable bonds is 5. The summed E-state index contributed by atoms with van der Waals surface area (Å²) in [5, 5.41) is 6.72. The Morgan fingerprint density at radius 2 is 1.88 bits per heavy atom. The van der Waals surface area contributed by atoms with Crippen LogP contribution in [0, 0.1) is 5.92 Å². The first-order chi connectivity index (χ1) is 12.5. The summed E-state index contributed by atoms with van der Waals surface area (Å²) in [6.07, 6.45) is 2.15. The molecule has 2 saturated heterocycles. The summed E-state index contributed by atoms with van der Waals surface area (Å²) in [5.74, 6) is 1.63. The van der Waals surface area contributed by atoms with Crippen LogP contribution in [0.5, 0.6) is 0 Å². The lowest BCUT2D eigenvalue weighted by Crippen LogP contribution is -2.49. The van der Waals surface area contributed by atoms with Crippen LogP contribution in [0.2, 0.25) is 0 Å². The first-order valence-corrected chi connectivity index (χ1v) is 9.45. The van der Waals surface area contributed by atoms with Crippen molar-refractivity contribution < 1.29 is 9.32 Å². The Kier molecular flexibility index (Phi) is 6.31. The van der Waals surface area contributed by atoms with E-state index in [0.29, 0.717) is 17.8 Å². The summed E-state index contributed by atoms with van der Waals surface area (Å²) in [5.41, 5.74) is 0. The van der Waals surface area contributed by atoms with Crippen molar-refractivity contribution in [1.82, 2.24) is 30.2 Å². The van der Waals surface area contributed by atoms with Crippen molar-refractivity contribution in [2.75, 3.05) is 71.9 Å². The second-order valence-electron chi connectivity index (χ2n) is 7.58. The number of amides is 2. The normalized spacial score (nSPS) is 20.3. The van der Waals surface area contributed by atoms with E-state index in [1.807, 2.05) is 19.0 Å². The Balaban J connectivity index is 1.36. The molecule has 1 aromatic rings. The number of nitrogens with one attached hydrogen (secondary N) is 1. The number of likely N-dealkylation sites (tertiary alicyclic amines) is 1. The summed E-state index contributed by atoms with van der Waals surface area (Å²) in [6.45, 7) is 7.71.